The van der Waals surface area contributed by atoms with Crippen LogP contribution in [0.1, 0.15) is 43.3 Å². The van der Waals surface area contributed by atoms with E-state index in [1.165, 1.54) is 17.3 Å². The van der Waals surface area contributed by atoms with Crippen LogP contribution in [0.3, 0.4) is 0 Å². The van der Waals surface area contributed by atoms with Crippen LogP contribution in [0, 0.1) is 13.8 Å². The molecule has 0 spiro atoms. The van der Waals surface area contributed by atoms with Gasteiger partial charge in [-0.2, -0.15) is 0 Å². The molecule has 0 aliphatic heterocycles. The predicted molar refractivity (Wildman–Crippen MR) is 86.6 cm³/mol. The van der Waals surface area contributed by atoms with Gasteiger partial charge in [-0.1, -0.05) is 6.92 Å². The third kappa shape index (κ3) is 4.79. The Morgan fingerprint density at radius 3 is 2.57 bits per heavy atom. The van der Waals surface area contributed by atoms with Gasteiger partial charge in [-0.05, 0) is 69.3 Å². The molecule has 0 saturated heterocycles. The van der Waals surface area contributed by atoms with Crippen molar-refractivity contribution < 1.29 is 0 Å². The maximum Gasteiger partial charge on any atom is 0.194 e. The van der Waals surface area contributed by atoms with Crippen LogP contribution in [0.5, 0.6) is 0 Å². The van der Waals surface area contributed by atoms with E-state index >= 15 is 0 Å². The second-order valence-corrected chi connectivity index (χ2v) is 6.13. The molecule has 0 saturated carbocycles. The molecule has 21 heavy (non-hydrogen) atoms. The Morgan fingerprint density at radius 1 is 1.19 bits per heavy atom. The van der Waals surface area contributed by atoms with E-state index in [0.29, 0.717) is 6.04 Å². The first-order chi connectivity index (χ1) is 10.1. The molecule has 5 heteroatoms. The van der Waals surface area contributed by atoms with Crippen LogP contribution >= 0.6 is 11.8 Å². The molecule has 112 valence electrons. The van der Waals surface area contributed by atoms with Crippen molar-refractivity contribution >= 4 is 11.8 Å². The van der Waals surface area contributed by atoms with Crippen LogP contribution in [0.25, 0.3) is 0 Å². The van der Waals surface area contributed by atoms with Crippen LogP contribution in [-0.4, -0.2) is 21.5 Å². The molecule has 0 aliphatic rings. The van der Waals surface area contributed by atoms with Crippen molar-refractivity contribution in [2.45, 2.75) is 50.3 Å². The van der Waals surface area contributed by atoms with Gasteiger partial charge in [0.05, 0.1) is 0 Å². The summed E-state index contributed by atoms with van der Waals surface area (Å²) < 4.78 is 0. The highest BCUT2D eigenvalue weighted by molar-refractivity contribution is 7.99. The van der Waals surface area contributed by atoms with Gasteiger partial charge >= 0.3 is 0 Å². The molecule has 0 radical (unpaired) electrons. The zero-order valence-electron chi connectivity index (χ0n) is 13.1. The maximum atomic E-state index is 4.45. The molecule has 1 atom stereocenters. The topological polar surface area (TPSA) is 50.7 Å². The Hall–Kier alpha value is -1.46. The molecule has 0 amide bonds. The molecular formula is C16H22N4S. The van der Waals surface area contributed by atoms with Crippen LogP contribution in [0.15, 0.2) is 34.6 Å². The van der Waals surface area contributed by atoms with E-state index in [2.05, 4.69) is 46.2 Å². The normalized spacial score (nSPS) is 12.4. The number of nitrogens with one attached hydrogen (secondary N) is 1. The molecule has 4 nitrogen and oxygen atoms in total. The minimum absolute atomic E-state index is 0.326. The fourth-order valence-corrected chi connectivity index (χ4v) is 2.94. The van der Waals surface area contributed by atoms with Gasteiger partial charge in [-0.3, -0.25) is 0 Å². The summed E-state index contributed by atoms with van der Waals surface area (Å²) in [6.45, 7) is 9.34. The van der Waals surface area contributed by atoms with Gasteiger partial charge in [-0.15, -0.1) is 0 Å². The van der Waals surface area contributed by atoms with E-state index in [1.54, 1.807) is 0 Å². The van der Waals surface area contributed by atoms with Gasteiger partial charge in [0, 0.05) is 23.6 Å². The highest BCUT2D eigenvalue weighted by Crippen LogP contribution is 2.25. The summed E-state index contributed by atoms with van der Waals surface area (Å²) in [6.07, 6.45) is 2.98. The summed E-state index contributed by atoms with van der Waals surface area (Å²) in [5.41, 5.74) is 3.21. The summed E-state index contributed by atoms with van der Waals surface area (Å²) >= 11 is 1.51. The van der Waals surface area contributed by atoms with E-state index in [0.717, 1.165) is 34.5 Å². The largest absolute Gasteiger partial charge is 0.310 e. The number of aromatic nitrogens is 3. The molecule has 1 unspecified atom stereocenters. The van der Waals surface area contributed by atoms with Crippen molar-refractivity contribution in [3.05, 3.63) is 41.3 Å². The first-order valence-corrected chi connectivity index (χ1v) is 8.09. The second-order valence-electron chi connectivity index (χ2n) is 5.14. The summed E-state index contributed by atoms with van der Waals surface area (Å²) in [5.74, 6) is 0. The summed E-state index contributed by atoms with van der Waals surface area (Å²) in [7, 11) is 0. The zero-order valence-corrected chi connectivity index (χ0v) is 13.9. The van der Waals surface area contributed by atoms with Crippen molar-refractivity contribution in [2.24, 2.45) is 0 Å². The standard InChI is InChI=1S/C16H22N4S/c1-5-7-17-13(4)14-6-8-18-15(10-14)21-16-19-11(2)9-12(3)20-16/h6,8-10,13,17H,5,7H2,1-4H3. The minimum Gasteiger partial charge on any atom is -0.310 e. The Balaban J connectivity index is 2.13. The van der Waals surface area contributed by atoms with Gasteiger partial charge in [0.15, 0.2) is 5.16 Å². The molecule has 2 aromatic heterocycles. The average molecular weight is 302 g/mol. The highest BCUT2D eigenvalue weighted by atomic mass is 32.2. The lowest BCUT2D eigenvalue weighted by Gasteiger charge is -2.14. The first-order valence-electron chi connectivity index (χ1n) is 7.28. The fraction of sp³-hybridized carbons (Fsp3) is 0.438. The van der Waals surface area contributed by atoms with Crippen molar-refractivity contribution in [3.8, 4) is 0 Å². The molecule has 2 aromatic rings. The Kier molecular flexibility index (Phi) is 5.70. The molecule has 0 aromatic carbocycles. The van der Waals surface area contributed by atoms with E-state index in [4.69, 9.17) is 0 Å². The fourth-order valence-electron chi connectivity index (χ4n) is 2.06. The lowest BCUT2D eigenvalue weighted by Crippen LogP contribution is -2.19. The molecule has 2 heterocycles. The number of pyridine rings is 1. The lowest BCUT2D eigenvalue weighted by molar-refractivity contribution is 0.569. The van der Waals surface area contributed by atoms with Crippen LogP contribution in [0.2, 0.25) is 0 Å². The Morgan fingerprint density at radius 2 is 1.90 bits per heavy atom. The van der Waals surface area contributed by atoms with E-state index in [-0.39, 0.29) is 0 Å². The van der Waals surface area contributed by atoms with Crippen LogP contribution in [-0.2, 0) is 0 Å². The van der Waals surface area contributed by atoms with Gasteiger partial charge in [0.1, 0.15) is 5.03 Å². The number of aryl methyl sites for hydroxylation is 2. The Bertz CT molecular complexity index is 580. The zero-order chi connectivity index (χ0) is 15.2. The maximum absolute atomic E-state index is 4.45. The molecule has 0 fully saturated rings. The van der Waals surface area contributed by atoms with E-state index in [1.807, 2.05) is 26.1 Å². The van der Waals surface area contributed by atoms with Gasteiger partial charge in [0.25, 0.3) is 0 Å². The first kappa shape index (κ1) is 15.9. The number of rotatable bonds is 6. The smallest absolute Gasteiger partial charge is 0.194 e. The van der Waals surface area contributed by atoms with Gasteiger partial charge < -0.3 is 5.32 Å². The quantitative estimate of drug-likeness (QED) is 0.825. The van der Waals surface area contributed by atoms with Gasteiger partial charge in [0.2, 0.25) is 0 Å². The minimum atomic E-state index is 0.326. The van der Waals surface area contributed by atoms with Crippen LogP contribution < -0.4 is 5.32 Å². The number of hydrogen-bond donors (Lipinski definition) is 1. The van der Waals surface area contributed by atoms with Crippen molar-refractivity contribution in [2.75, 3.05) is 6.54 Å². The SMILES string of the molecule is CCCNC(C)c1ccnc(Sc2nc(C)cc(C)n2)c1. The predicted octanol–water partition coefficient (Wildman–Crippen LogP) is 3.70. The summed E-state index contributed by atoms with van der Waals surface area (Å²) in [5, 5.41) is 5.18. The number of hydrogen-bond acceptors (Lipinski definition) is 5. The third-order valence-electron chi connectivity index (χ3n) is 3.12. The Labute approximate surface area is 130 Å². The monoisotopic (exact) mass is 302 g/mol. The molecular weight excluding hydrogens is 280 g/mol. The van der Waals surface area contributed by atoms with Gasteiger partial charge in [-0.25, -0.2) is 15.0 Å². The van der Waals surface area contributed by atoms with Crippen molar-refractivity contribution in [1.29, 1.82) is 0 Å². The lowest BCUT2D eigenvalue weighted by atomic mass is 10.1. The van der Waals surface area contributed by atoms with E-state index in [9.17, 15) is 0 Å². The summed E-state index contributed by atoms with van der Waals surface area (Å²) in [4.78, 5) is 13.3. The second kappa shape index (κ2) is 7.52. The van der Waals surface area contributed by atoms with Crippen LogP contribution in [0.4, 0.5) is 0 Å². The molecule has 2 rings (SSSR count). The molecule has 0 bridgehead atoms. The van der Waals surface area contributed by atoms with Crippen molar-refractivity contribution in [3.63, 3.8) is 0 Å². The highest BCUT2D eigenvalue weighted by Gasteiger charge is 2.08. The average Bonchev–Trinajstić information content (AvgIpc) is 2.44. The number of nitrogens with zero attached hydrogens (tertiary/aromatic N) is 3. The molecule has 1 N–H and O–H groups in total. The summed E-state index contributed by atoms with van der Waals surface area (Å²) in [6, 6.07) is 6.47. The third-order valence-corrected chi connectivity index (χ3v) is 3.91. The van der Waals surface area contributed by atoms with E-state index < -0.39 is 0 Å². The molecule has 0 aliphatic carbocycles. The van der Waals surface area contributed by atoms with Crippen molar-refractivity contribution in [1.82, 2.24) is 20.3 Å².